The van der Waals surface area contributed by atoms with Crippen LogP contribution < -0.4 is 0 Å². The zero-order chi connectivity index (χ0) is 4.41. The van der Waals surface area contributed by atoms with Gasteiger partial charge in [-0.05, 0) is 23.7 Å². The van der Waals surface area contributed by atoms with Gasteiger partial charge in [-0.25, -0.2) is 0 Å². The van der Waals surface area contributed by atoms with Gasteiger partial charge >= 0.3 is 0 Å². The van der Waals surface area contributed by atoms with Gasteiger partial charge in [0.2, 0.25) is 0 Å². The van der Waals surface area contributed by atoms with Gasteiger partial charge in [-0.1, -0.05) is 0 Å². The fourth-order valence-electron chi connectivity index (χ4n) is 0.259. The van der Waals surface area contributed by atoms with Crippen molar-refractivity contribution < 1.29 is 9.89 Å². The molecular weight excluding hydrogens is 115 g/mol. The van der Waals surface area contributed by atoms with Gasteiger partial charge in [0.25, 0.3) is 0 Å². The molecule has 0 amide bonds. The first-order valence-electron chi connectivity index (χ1n) is 1.58. The summed E-state index contributed by atoms with van der Waals surface area (Å²) in [7, 11) is 0. The van der Waals surface area contributed by atoms with Gasteiger partial charge in [-0.3, -0.25) is 0 Å². The Hall–Kier alpha value is -0.470. The Labute approximate surface area is 46.0 Å². The van der Waals surface area contributed by atoms with E-state index in [1.54, 1.807) is 12.1 Å². The van der Waals surface area contributed by atoms with E-state index in [0.717, 1.165) is 0 Å². The van der Waals surface area contributed by atoms with Gasteiger partial charge in [0.15, 0.2) is 5.22 Å². The molecule has 0 saturated heterocycles. The van der Waals surface area contributed by atoms with Crippen molar-refractivity contribution in [2.45, 2.75) is 0 Å². The fourth-order valence-corrected chi connectivity index (χ4v) is 0.383. The molecule has 0 bridgehead atoms. The molecule has 0 aliphatic carbocycles. The van der Waals surface area contributed by atoms with Gasteiger partial charge in [0.05, 0.1) is 6.26 Å². The summed E-state index contributed by atoms with van der Waals surface area (Å²) in [6, 6.07) is 3.42. The second-order valence-corrected chi connectivity index (χ2v) is 1.29. The van der Waals surface area contributed by atoms with Crippen LogP contribution in [0.1, 0.15) is 0 Å². The fraction of sp³-hybridized carbons (Fsp3) is 0. The maximum absolute atomic E-state index is 5.29. The Balaban J connectivity index is 0.000000360. The van der Waals surface area contributed by atoms with Crippen LogP contribution in [0.4, 0.5) is 0 Å². The summed E-state index contributed by atoms with van der Waals surface area (Å²) >= 11 is 5.29. The van der Waals surface area contributed by atoms with Gasteiger partial charge in [-0.15, -0.1) is 0 Å². The molecule has 1 aromatic heterocycles. The molecule has 0 radical (unpaired) electrons. The number of hydrogen-bond acceptors (Lipinski definition) is 1. The van der Waals surface area contributed by atoms with E-state index in [9.17, 15) is 0 Å². The van der Waals surface area contributed by atoms with Crippen LogP contribution in [0.5, 0.6) is 0 Å². The molecule has 1 rings (SSSR count). The molecule has 0 unspecified atom stereocenters. The number of rotatable bonds is 0. The zero-order valence-corrected chi connectivity index (χ0v) is 4.27. The summed E-state index contributed by atoms with van der Waals surface area (Å²) in [6.07, 6.45) is 1.53. The number of hydrogen-bond donors (Lipinski definition) is 0. The molecule has 0 aromatic carbocycles. The highest BCUT2D eigenvalue weighted by atomic mass is 35.5. The molecule has 0 fully saturated rings. The third-order valence-electron chi connectivity index (χ3n) is 0.486. The first-order chi connectivity index (χ1) is 2.89. The topological polar surface area (TPSA) is 44.6 Å². The Morgan fingerprint density at radius 3 is 2.43 bits per heavy atom. The lowest BCUT2D eigenvalue weighted by Gasteiger charge is -1.65. The van der Waals surface area contributed by atoms with Crippen LogP contribution in [0.25, 0.3) is 0 Å². The highest BCUT2D eigenvalue weighted by Crippen LogP contribution is 2.04. The van der Waals surface area contributed by atoms with E-state index in [2.05, 4.69) is 4.42 Å². The zero-order valence-electron chi connectivity index (χ0n) is 3.52. The largest absolute Gasteiger partial charge is 0.453 e. The predicted molar refractivity (Wildman–Crippen MR) is 27.3 cm³/mol. The molecule has 0 aliphatic rings. The summed E-state index contributed by atoms with van der Waals surface area (Å²) in [5.74, 6) is 0. The Bertz CT molecular complexity index is 113. The van der Waals surface area contributed by atoms with Crippen molar-refractivity contribution in [2.24, 2.45) is 0 Å². The van der Waals surface area contributed by atoms with E-state index in [4.69, 9.17) is 11.6 Å². The van der Waals surface area contributed by atoms with E-state index in [1.165, 1.54) is 6.26 Å². The maximum Gasteiger partial charge on any atom is 0.192 e. The van der Waals surface area contributed by atoms with Crippen LogP contribution in [0.15, 0.2) is 22.8 Å². The van der Waals surface area contributed by atoms with Crippen LogP contribution in [0.3, 0.4) is 0 Å². The van der Waals surface area contributed by atoms with Crippen molar-refractivity contribution in [1.82, 2.24) is 0 Å². The SMILES string of the molecule is Clc1ccco1.O. The first kappa shape index (κ1) is 6.53. The normalized spacial score (nSPS) is 7.57. The van der Waals surface area contributed by atoms with Crippen molar-refractivity contribution >= 4 is 11.6 Å². The number of furan rings is 1. The minimum atomic E-state index is 0. The van der Waals surface area contributed by atoms with E-state index >= 15 is 0 Å². The van der Waals surface area contributed by atoms with E-state index in [-0.39, 0.29) is 5.48 Å². The molecule has 0 spiro atoms. The Kier molecular flexibility index (Phi) is 2.48. The van der Waals surface area contributed by atoms with Gasteiger partial charge in [0, 0.05) is 0 Å². The third-order valence-corrected chi connectivity index (χ3v) is 0.702. The minimum absolute atomic E-state index is 0. The molecular formula is C4H5ClO2. The van der Waals surface area contributed by atoms with Crippen LogP contribution in [0.2, 0.25) is 5.22 Å². The smallest absolute Gasteiger partial charge is 0.192 e. The average Bonchev–Trinajstić information content (AvgIpc) is 1.86. The second-order valence-electron chi connectivity index (χ2n) is 0.917. The second kappa shape index (κ2) is 2.66. The standard InChI is InChI=1S/C4H3ClO.H2O/c5-4-2-1-3-6-4;/h1-3H;1H2. The third kappa shape index (κ3) is 1.62. The van der Waals surface area contributed by atoms with Crippen molar-refractivity contribution in [3.05, 3.63) is 23.6 Å². The van der Waals surface area contributed by atoms with Crippen molar-refractivity contribution in [3.63, 3.8) is 0 Å². The van der Waals surface area contributed by atoms with Crippen LogP contribution >= 0.6 is 11.6 Å². The monoisotopic (exact) mass is 120 g/mol. The van der Waals surface area contributed by atoms with E-state index in [0.29, 0.717) is 5.22 Å². The molecule has 0 atom stereocenters. The van der Waals surface area contributed by atoms with Crippen molar-refractivity contribution in [1.29, 1.82) is 0 Å². The van der Waals surface area contributed by atoms with E-state index in [1.807, 2.05) is 0 Å². The molecule has 2 nitrogen and oxygen atoms in total. The molecule has 0 aliphatic heterocycles. The number of halogens is 1. The molecule has 40 valence electrons. The lowest BCUT2D eigenvalue weighted by Crippen LogP contribution is -1.34. The molecule has 7 heavy (non-hydrogen) atoms. The van der Waals surface area contributed by atoms with Gasteiger partial charge in [-0.2, -0.15) is 0 Å². The Morgan fingerprint density at radius 2 is 2.29 bits per heavy atom. The van der Waals surface area contributed by atoms with Crippen LogP contribution in [0, 0.1) is 0 Å². The predicted octanol–water partition coefficient (Wildman–Crippen LogP) is 1.11. The summed E-state index contributed by atoms with van der Waals surface area (Å²) in [4.78, 5) is 0. The molecule has 1 aromatic rings. The van der Waals surface area contributed by atoms with Gasteiger partial charge in [0.1, 0.15) is 0 Å². The summed E-state index contributed by atoms with van der Waals surface area (Å²) in [5, 5.41) is 0.440. The summed E-state index contributed by atoms with van der Waals surface area (Å²) in [5.41, 5.74) is 0. The highest BCUT2D eigenvalue weighted by Gasteiger charge is 1.79. The summed E-state index contributed by atoms with van der Waals surface area (Å²) in [6.45, 7) is 0. The lowest BCUT2D eigenvalue weighted by molar-refractivity contribution is 0.569. The van der Waals surface area contributed by atoms with Crippen molar-refractivity contribution in [3.8, 4) is 0 Å². The molecule has 1 heterocycles. The molecule has 0 saturated carbocycles. The molecule has 3 heteroatoms. The lowest BCUT2D eigenvalue weighted by atomic mass is 10.7. The highest BCUT2D eigenvalue weighted by molar-refractivity contribution is 6.28. The quantitative estimate of drug-likeness (QED) is 0.506. The maximum atomic E-state index is 5.29. The van der Waals surface area contributed by atoms with E-state index < -0.39 is 0 Å². The average molecular weight is 121 g/mol. The summed E-state index contributed by atoms with van der Waals surface area (Å²) < 4.78 is 4.60. The Morgan fingerprint density at radius 1 is 1.57 bits per heavy atom. The molecule has 2 N–H and O–H groups in total. The minimum Gasteiger partial charge on any atom is -0.453 e. The first-order valence-corrected chi connectivity index (χ1v) is 1.96. The van der Waals surface area contributed by atoms with Gasteiger partial charge < -0.3 is 9.89 Å². The van der Waals surface area contributed by atoms with Crippen molar-refractivity contribution in [2.75, 3.05) is 0 Å². The van der Waals surface area contributed by atoms with Crippen LogP contribution in [-0.2, 0) is 0 Å². The van der Waals surface area contributed by atoms with Crippen LogP contribution in [-0.4, -0.2) is 5.48 Å².